The summed E-state index contributed by atoms with van der Waals surface area (Å²) in [5.74, 6) is 0.831. The average Bonchev–Trinajstić information content (AvgIpc) is 2.95. The van der Waals surface area contributed by atoms with Gasteiger partial charge in [0.05, 0.1) is 6.54 Å². The second-order valence-corrected chi connectivity index (χ2v) is 6.71. The number of likely N-dealkylation sites (N-methyl/N-ethyl adjacent to an activating group) is 1. The van der Waals surface area contributed by atoms with E-state index >= 15 is 0 Å². The molecule has 2 saturated heterocycles. The summed E-state index contributed by atoms with van der Waals surface area (Å²) < 4.78 is 38.5. The summed E-state index contributed by atoms with van der Waals surface area (Å²) in [6.07, 6.45) is -1.79. The monoisotopic (exact) mass is 349 g/mol. The summed E-state index contributed by atoms with van der Waals surface area (Å²) in [6.45, 7) is 7.85. The van der Waals surface area contributed by atoms with Crippen molar-refractivity contribution >= 4 is 5.96 Å². The largest absolute Gasteiger partial charge is 0.403 e. The van der Waals surface area contributed by atoms with E-state index in [0.29, 0.717) is 32.2 Å². The van der Waals surface area contributed by atoms with Crippen LogP contribution in [0.25, 0.3) is 0 Å². The molecule has 5 nitrogen and oxygen atoms in total. The average molecular weight is 349 g/mol. The first-order valence-corrected chi connectivity index (χ1v) is 8.87. The van der Waals surface area contributed by atoms with Crippen molar-refractivity contribution in [2.45, 2.75) is 44.9 Å². The van der Waals surface area contributed by atoms with Crippen molar-refractivity contribution < 1.29 is 13.2 Å². The number of rotatable bonds is 4. The lowest BCUT2D eigenvalue weighted by Gasteiger charge is -2.39. The number of piperazine rings is 1. The summed E-state index contributed by atoms with van der Waals surface area (Å²) in [4.78, 5) is 10.7. The van der Waals surface area contributed by atoms with Crippen molar-refractivity contribution in [2.24, 2.45) is 4.99 Å². The van der Waals surface area contributed by atoms with Crippen LogP contribution in [-0.2, 0) is 0 Å². The van der Waals surface area contributed by atoms with Crippen LogP contribution >= 0.6 is 0 Å². The molecule has 0 saturated carbocycles. The number of halogens is 3. The van der Waals surface area contributed by atoms with Crippen molar-refractivity contribution in [3.8, 4) is 0 Å². The van der Waals surface area contributed by atoms with Crippen LogP contribution in [0.15, 0.2) is 4.99 Å². The molecule has 2 atom stereocenters. The van der Waals surface area contributed by atoms with E-state index in [1.54, 1.807) is 0 Å². The van der Waals surface area contributed by atoms with Gasteiger partial charge in [-0.1, -0.05) is 0 Å². The van der Waals surface area contributed by atoms with Gasteiger partial charge >= 0.3 is 6.18 Å². The highest BCUT2D eigenvalue weighted by Gasteiger charge is 2.41. The number of likely N-dealkylation sites (tertiary alicyclic amines) is 1. The van der Waals surface area contributed by atoms with Crippen LogP contribution in [-0.4, -0.2) is 91.8 Å². The lowest BCUT2D eigenvalue weighted by Crippen LogP contribution is -2.56. The standard InChI is InChI=1S/C16H30F3N5/c1-4-20-15(21-12-14-6-5-7-22(14)3)24-10-8-23(9-11-24)13(2)16(17,18)19/h13-14H,4-12H2,1-3H3,(H,20,21). The number of alkyl halides is 3. The molecule has 0 aromatic heterocycles. The second-order valence-electron chi connectivity index (χ2n) is 6.71. The Labute approximate surface area is 142 Å². The minimum atomic E-state index is -4.16. The molecule has 1 N–H and O–H groups in total. The van der Waals surface area contributed by atoms with Crippen molar-refractivity contribution in [1.29, 1.82) is 0 Å². The normalized spacial score (nSPS) is 26.0. The van der Waals surface area contributed by atoms with Crippen LogP contribution in [0, 0.1) is 0 Å². The molecule has 2 fully saturated rings. The van der Waals surface area contributed by atoms with Gasteiger partial charge in [0.25, 0.3) is 0 Å². The Balaban J connectivity index is 1.90. The van der Waals surface area contributed by atoms with E-state index in [0.717, 1.165) is 32.0 Å². The highest BCUT2D eigenvalue weighted by Crippen LogP contribution is 2.25. The molecular formula is C16H30F3N5. The Morgan fingerprint density at radius 2 is 1.88 bits per heavy atom. The first kappa shape index (κ1) is 19.3. The third-order valence-corrected chi connectivity index (χ3v) is 5.09. The van der Waals surface area contributed by atoms with Crippen LogP contribution in [0.2, 0.25) is 0 Å². The van der Waals surface area contributed by atoms with Gasteiger partial charge in [-0.2, -0.15) is 13.2 Å². The third kappa shape index (κ3) is 4.99. The van der Waals surface area contributed by atoms with Crippen LogP contribution < -0.4 is 5.32 Å². The molecule has 2 unspecified atom stereocenters. The second kappa shape index (κ2) is 8.38. The molecule has 8 heteroatoms. The number of nitrogens with one attached hydrogen (secondary N) is 1. The first-order valence-electron chi connectivity index (χ1n) is 8.87. The lowest BCUT2D eigenvalue weighted by atomic mass is 10.2. The van der Waals surface area contributed by atoms with Crippen molar-refractivity contribution in [3.63, 3.8) is 0 Å². The van der Waals surface area contributed by atoms with Crippen LogP contribution in [0.4, 0.5) is 13.2 Å². The van der Waals surface area contributed by atoms with E-state index in [-0.39, 0.29) is 0 Å². The van der Waals surface area contributed by atoms with Gasteiger partial charge in [-0.05, 0) is 40.3 Å². The molecule has 0 spiro atoms. The fourth-order valence-corrected chi connectivity index (χ4v) is 3.36. The van der Waals surface area contributed by atoms with E-state index < -0.39 is 12.2 Å². The van der Waals surface area contributed by atoms with Gasteiger partial charge in [0.1, 0.15) is 6.04 Å². The zero-order valence-electron chi connectivity index (χ0n) is 14.9. The third-order valence-electron chi connectivity index (χ3n) is 5.09. The van der Waals surface area contributed by atoms with Gasteiger partial charge in [-0.25, -0.2) is 0 Å². The fraction of sp³-hybridized carbons (Fsp3) is 0.938. The van der Waals surface area contributed by atoms with Crippen molar-refractivity contribution in [1.82, 2.24) is 20.0 Å². The number of guanidine groups is 1. The van der Waals surface area contributed by atoms with Gasteiger partial charge in [0.2, 0.25) is 0 Å². The molecule has 2 aliphatic heterocycles. The van der Waals surface area contributed by atoms with Gasteiger partial charge < -0.3 is 15.1 Å². The van der Waals surface area contributed by atoms with Crippen molar-refractivity contribution in [2.75, 3.05) is 52.9 Å². The Morgan fingerprint density at radius 3 is 2.38 bits per heavy atom. The van der Waals surface area contributed by atoms with Crippen LogP contribution in [0.3, 0.4) is 0 Å². The van der Waals surface area contributed by atoms with E-state index in [4.69, 9.17) is 4.99 Å². The highest BCUT2D eigenvalue weighted by molar-refractivity contribution is 5.80. The highest BCUT2D eigenvalue weighted by atomic mass is 19.4. The zero-order valence-corrected chi connectivity index (χ0v) is 14.9. The number of aliphatic imine (C=N–C) groups is 1. The predicted octanol–water partition coefficient (Wildman–Crippen LogP) is 1.61. The molecule has 2 aliphatic rings. The molecule has 0 aromatic rings. The van der Waals surface area contributed by atoms with E-state index in [9.17, 15) is 13.2 Å². The fourth-order valence-electron chi connectivity index (χ4n) is 3.36. The minimum Gasteiger partial charge on any atom is -0.357 e. The molecule has 140 valence electrons. The topological polar surface area (TPSA) is 34.1 Å². The van der Waals surface area contributed by atoms with Gasteiger partial charge in [0, 0.05) is 38.8 Å². The number of hydrogen-bond acceptors (Lipinski definition) is 3. The van der Waals surface area contributed by atoms with Crippen LogP contribution in [0.1, 0.15) is 26.7 Å². The van der Waals surface area contributed by atoms with Gasteiger partial charge in [0.15, 0.2) is 5.96 Å². The number of nitrogens with zero attached hydrogens (tertiary/aromatic N) is 4. The Kier molecular flexibility index (Phi) is 6.74. The number of hydrogen-bond donors (Lipinski definition) is 1. The summed E-state index contributed by atoms with van der Waals surface area (Å²) in [5.41, 5.74) is 0. The molecule has 0 radical (unpaired) electrons. The quantitative estimate of drug-likeness (QED) is 0.618. The Morgan fingerprint density at radius 1 is 1.21 bits per heavy atom. The summed E-state index contributed by atoms with van der Waals surface area (Å²) >= 11 is 0. The maximum atomic E-state index is 12.8. The molecule has 2 rings (SSSR count). The Hall–Kier alpha value is -1.02. The molecule has 0 aliphatic carbocycles. The molecule has 0 aromatic carbocycles. The van der Waals surface area contributed by atoms with Crippen LogP contribution in [0.5, 0.6) is 0 Å². The van der Waals surface area contributed by atoms with E-state index in [1.807, 2.05) is 6.92 Å². The Bertz CT molecular complexity index is 418. The van der Waals surface area contributed by atoms with E-state index in [2.05, 4.69) is 22.2 Å². The minimum absolute atomic E-state index is 0.411. The maximum absolute atomic E-state index is 12.8. The van der Waals surface area contributed by atoms with Gasteiger partial charge in [-0.15, -0.1) is 0 Å². The predicted molar refractivity (Wildman–Crippen MR) is 90.3 cm³/mol. The molecule has 2 heterocycles. The van der Waals surface area contributed by atoms with E-state index in [1.165, 1.54) is 18.2 Å². The zero-order chi connectivity index (χ0) is 17.7. The SMILES string of the molecule is CCNC(=NCC1CCCN1C)N1CCN(C(C)C(F)(F)F)CC1. The molecule has 0 amide bonds. The molecule has 24 heavy (non-hydrogen) atoms. The van der Waals surface area contributed by atoms with Crippen molar-refractivity contribution in [3.05, 3.63) is 0 Å². The van der Waals surface area contributed by atoms with Gasteiger partial charge in [-0.3, -0.25) is 9.89 Å². The summed E-state index contributed by atoms with van der Waals surface area (Å²) in [5, 5.41) is 3.28. The molecular weight excluding hydrogens is 319 g/mol. The molecule has 0 bridgehead atoms. The lowest BCUT2D eigenvalue weighted by molar-refractivity contribution is -0.181. The maximum Gasteiger partial charge on any atom is 0.403 e. The summed E-state index contributed by atoms with van der Waals surface area (Å²) in [6, 6.07) is -0.906. The first-order chi connectivity index (χ1) is 11.3. The summed E-state index contributed by atoms with van der Waals surface area (Å²) in [7, 11) is 2.12. The smallest absolute Gasteiger partial charge is 0.357 e.